The molecule has 2 heterocycles. The third kappa shape index (κ3) is 8.97. The maximum atomic E-state index is 13.4. The number of thioether (sulfide) groups is 1. The molecule has 0 bridgehead atoms. The molecular weight excluding hydrogens is 543 g/mol. The van der Waals surface area contributed by atoms with Crippen LogP contribution in [-0.4, -0.2) is 37.2 Å². The lowest BCUT2D eigenvalue weighted by atomic mass is 10.1. The van der Waals surface area contributed by atoms with E-state index in [-0.39, 0.29) is 29.9 Å². The van der Waals surface area contributed by atoms with Gasteiger partial charge in [-0.3, -0.25) is 4.79 Å². The van der Waals surface area contributed by atoms with Gasteiger partial charge >= 0.3 is 5.97 Å². The zero-order valence-electron chi connectivity index (χ0n) is 23.0. The summed E-state index contributed by atoms with van der Waals surface area (Å²) in [4.78, 5) is 37.8. The highest BCUT2D eigenvalue weighted by Crippen LogP contribution is 2.25. The van der Waals surface area contributed by atoms with Crippen LogP contribution >= 0.6 is 11.8 Å². The van der Waals surface area contributed by atoms with Gasteiger partial charge in [0.05, 0.1) is 6.61 Å². The van der Waals surface area contributed by atoms with Crippen LogP contribution in [0.5, 0.6) is 5.75 Å². The first kappa shape index (κ1) is 29.9. The van der Waals surface area contributed by atoms with E-state index in [1.807, 2.05) is 10.6 Å². The van der Waals surface area contributed by atoms with E-state index >= 15 is 0 Å². The van der Waals surface area contributed by atoms with Crippen LogP contribution in [0.3, 0.4) is 0 Å². The monoisotopic (exact) mass is 576 g/mol. The molecule has 0 unspecified atom stereocenters. The number of carboxylic acid groups (broad SMARTS) is 1. The number of aromatic carboxylic acids is 1. The second kappa shape index (κ2) is 15.1. The number of nitrogens with zero attached hydrogens (tertiary/aromatic N) is 4. The summed E-state index contributed by atoms with van der Waals surface area (Å²) in [7, 11) is 0. The molecule has 0 aliphatic heterocycles. The number of hydrogen-bond donors (Lipinski definition) is 1. The van der Waals surface area contributed by atoms with Crippen LogP contribution in [0.25, 0.3) is 0 Å². The van der Waals surface area contributed by atoms with Crippen LogP contribution in [0.4, 0.5) is 4.39 Å². The number of carbonyl (C=O) groups is 1. The van der Waals surface area contributed by atoms with Gasteiger partial charge in [-0.25, -0.2) is 19.2 Å². The Balaban J connectivity index is 1.58. The summed E-state index contributed by atoms with van der Waals surface area (Å²) < 4.78 is 21.0. The standard InChI is InChI=1S/C31H33FN4O4S/c1-2-3-4-5-6-16-40-27-13-10-23(17-26(27)30(38)39)19-36-20-24(18-28-33-14-7-15-34-28)29(37)35-31(36)41-21-22-8-11-25(32)12-9-22/h7-15,17,20H,2-6,16,18-19,21H2,1H3,(H,38,39). The normalized spacial score (nSPS) is 11.0. The fraction of sp³-hybridized carbons (Fsp3) is 0.323. The molecule has 0 aliphatic rings. The number of aromatic nitrogens is 4. The first-order chi connectivity index (χ1) is 19.9. The lowest BCUT2D eigenvalue weighted by Gasteiger charge is -2.15. The quantitative estimate of drug-likeness (QED) is 0.102. The zero-order chi connectivity index (χ0) is 29.0. The highest BCUT2D eigenvalue weighted by Gasteiger charge is 2.16. The van der Waals surface area contributed by atoms with Crippen molar-refractivity contribution in [1.29, 1.82) is 0 Å². The molecule has 2 aromatic carbocycles. The number of rotatable bonds is 15. The van der Waals surface area contributed by atoms with Crippen molar-refractivity contribution in [2.24, 2.45) is 0 Å². The first-order valence-corrected chi connectivity index (χ1v) is 14.6. The molecule has 4 rings (SSSR count). The molecular formula is C31H33FN4O4S. The Morgan fingerprint density at radius 2 is 1.76 bits per heavy atom. The fourth-order valence-corrected chi connectivity index (χ4v) is 5.16. The van der Waals surface area contributed by atoms with Crippen LogP contribution in [0.15, 0.2) is 77.1 Å². The highest BCUT2D eigenvalue weighted by atomic mass is 32.2. The van der Waals surface area contributed by atoms with Crippen molar-refractivity contribution in [2.45, 2.75) is 62.9 Å². The Labute approximate surface area is 242 Å². The van der Waals surface area contributed by atoms with E-state index in [4.69, 9.17) is 4.74 Å². The molecule has 214 valence electrons. The van der Waals surface area contributed by atoms with Crippen molar-refractivity contribution >= 4 is 17.7 Å². The Hall–Kier alpha value is -4.05. The molecule has 0 spiro atoms. The SMILES string of the molecule is CCCCCCCOc1ccc(Cn2cc(Cc3ncccn3)c(=O)nc2SCc2ccc(F)cc2)cc1C(=O)O. The summed E-state index contributed by atoms with van der Waals surface area (Å²) >= 11 is 1.34. The number of unbranched alkanes of at least 4 members (excludes halogenated alkanes) is 4. The van der Waals surface area contributed by atoms with E-state index in [0.29, 0.717) is 40.2 Å². The summed E-state index contributed by atoms with van der Waals surface area (Å²) in [6.07, 6.45) is 10.5. The molecule has 0 atom stereocenters. The van der Waals surface area contributed by atoms with Crippen LogP contribution in [0, 0.1) is 5.82 Å². The van der Waals surface area contributed by atoms with Crippen molar-refractivity contribution in [3.8, 4) is 5.75 Å². The molecule has 0 saturated carbocycles. The molecule has 0 radical (unpaired) electrons. The van der Waals surface area contributed by atoms with Gasteiger partial charge in [0, 0.05) is 42.9 Å². The molecule has 0 amide bonds. The average Bonchev–Trinajstić information content (AvgIpc) is 2.97. The number of halogens is 1. The predicted molar refractivity (Wildman–Crippen MR) is 156 cm³/mol. The molecule has 2 aromatic heterocycles. The fourth-order valence-electron chi connectivity index (χ4n) is 4.24. The third-order valence-electron chi connectivity index (χ3n) is 6.41. The highest BCUT2D eigenvalue weighted by molar-refractivity contribution is 7.98. The van der Waals surface area contributed by atoms with E-state index in [2.05, 4.69) is 21.9 Å². The summed E-state index contributed by atoms with van der Waals surface area (Å²) in [6.45, 7) is 2.90. The van der Waals surface area contributed by atoms with E-state index in [1.165, 1.54) is 30.3 Å². The van der Waals surface area contributed by atoms with Gasteiger partial charge in [-0.15, -0.1) is 0 Å². The summed E-state index contributed by atoms with van der Waals surface area (Å²) in [6, 6.07) is 13.0. The summed E-state index contributed by atoms with van der Waals surface area (Å²) in [5.41, 5.74) is 1.72. The maximum Gasteiger partial charge on any atom is 0.339 e. The second-order valence-electron chi connectivity index (χ2n) is 9.64. The predicted octanol–water partition coefficient (Wildman–Crippen LogP) is 6.15. The summed E-state index contributed by atoms with van der Waals surface area (Å²) in [5.74, 6) is -0.0889. The van der Waals surface area contributed by atoms with Crippen LogP contribution in [-0.2, 0) is 18.7 Å². The van der Waals surface area contributed by atoms with E-state index in [0.717, 1.165) is 31.2 Å². The van der Waals surface area contributed by atoms with Crippen molar-refractivity contribution in [2.75, 3.05) is 6.61 Å². The van der Waals surface area contributed by atoms with Crippen molar-refractivity contribution in [1.82, 2.24) is 19.5 Å². The molecule has 10 heteroatoms. The van der Waals surface area contributed by atoms with Crippen LogP contribution in [0.1, 0.15) is 71.9 Å². The number of ether oxygens (including phenoxy) is 1. The van der Waals surface area contributed by atoms with Crippen LogP contribution < -0.4 is 10.3 Å². The third-order valence-corrected chi connectivity index (χ3v) is 7.47. The number of hydrogen-bond acceptors (Lipinski definition) is 7. The van der Waals surface area contributed by atoms with Gasteiger partial charge in [0.2, 0.25) is 0 Å². The zero-order valence-corrected chi connectivity index (χ0v) is 23.8. The molecule has 1 N–H and O–H groups in total. The van der Waals surface area contributed by atoms with Gasteiger partial charge in [-0.2, -0.15) is 4.98 Å². The van der Waals surface area contributed by atoms with Gasteiger partial charge in [-0.1, -0.05) is 62.6 Å². The van der Waals surface area contributed by atoms with Crippen molar-refractivity contribution in [3.05, 3.63) is 111 Å². The Morgan fingerprint density at radius 1 is 1.02 bits per heavy atom. The van der Waals surface area contributed by atoms with E-state index in [1.54, 1.807) is 48.9 Å². The minimum Gasteiger partial charge on any atom is -0.493 e. The van der Waals surface area contributed by atoms with Crippen molar-refractivity contribution < 1.29 is 19.0 Å². The largest absolute Gasteiger partial charge is 0.493 e. The van der Waals surface area contributed by atoms with Gasteiger partial charge in [0.25, 0.3) is 5.56 Å². The Kier molecular flexibility index (Phi) is 11.0. The van der Waals surface area contributed by atoms with Gasteiger partial charge < -0.3 is 14.4 Å². The van der Waals surface area contributed by atoms with E-state index in [9.17, 15) is 19.1 Å². The maximum absolute atomic E-state index is 13.4. The van der Waals surface area contributed by atoms with Gasteiger partial charge in [-0.05, 0) is 47.9 Å². The summed E-state index contributed by atoms with van der Waals surface area (Å²) in [5, 5.41) is 10.3. The average molecular weight is 577 g/mol. The number of carboxylic acids is 1. The molecule has 8 nitrogen and oxygen atoms in total. The Bertz CT molecular complexity index is 1500. The first-order valence-electron chi connectivity index (χ1n) is 13.7. The molecule has 0 aliphatic carbocycles. The lowest BCUT2D eigenvalue weighted by molar-refractivity contribution is 0.0692. The van der Waals surface area contributed by atoms with Crippen LogP contribution in [0.2, 0.25) is 0 Å². The molecule has 41 heavy (non-hydrogen) atoms. The molecule has 0 fully saturated rings. The van der Waals surface area contributed by atoms with Crippen molar-refractivity contribution in [3.63, 3.8) is 0 Å². The second-order valence-corrected chi connectivity index (χ2v) is 10.6. The lowest BCUT2D eigenvalue weighted by Crippen LogP contribution is -2.20. The minimum absolute atomic E-state index is 0.0866. The van der Waals surface area contributed by atoms with Gasteiger partial charge in [0.1, 0.15) is 23.0 Å². The number of benzene rings is 2. The molecule has 4 aromatic rings. The van der Waals surface area contributed by atoms with Gasteiger partial charge in [0.15, 0.2) is 5.16 Å². The van der Waals surface area contributed by atoms with E-state index < -0.39 is 5.97 Å². The minimum atomic E-state index is -1.07. The smallest absolute Gasteiger partial charge is 0.339 e. The topological polar surface area (TPSA) is 107 Å². The molecule has 0 saturated heterocycles. The Morgan fingerprint density at radius 3 is 2.49 bits per heavy atom.